The van der Waals surface area contributed by atoms with Crippen LogP contribution in [0, 0.1) is 11.6 Å². The van der Waals surface area contributed by atoms with E-state index < -0.39 is 11.6 Å². The van der Waals surface area contributed by atoms with Crippen molar-refractivity contribution in [3.05, 3.63) is 58.1 Å². The van der Waals surface area contributed by atoms with Crippen molar-refractivity contribution in [3.63, 3.8) is 0 Å². The zero-order valence-corrected chi connectivity index (χ0v) is 13.3. The van der Waals surface area contributed by atoms with Crippen LogP contribution in [0.1, 0.15) is 12.5 Å². The van der Waals surface area contributed by atoms with Crippen LogP contribution in [-0.2, 0) is 6.42 Å². The molecule has 2 N–H and O–H groups in total. The fraction of sp³-hybridized carbons (Fsp3) is 0.200. The van der Waals surface area contributed by atoms with Gasteiger partial charge in [-0.3, -0.25) is 0 Å². The van der Waals surface area contributed by atoms with Crippen molar-refractivity contribution in [1.29, 1.82) is 0 Å². The molecule has 1 atom stereocenters. The largest absolute Gasteiger partial charge is 0.328 e. The predicted octanol–water partition coefficient (Wildman–Crippen LogP) is 4.77. The normalized spacial score (nSPS) is 12.4. The molecule has 0 bridgehead atoms. The SMILES string of the molecule is CC(N)Cc1ccc(Sc2cc(F)ccc2F)c(Br)c1. The van der Waals surface area contributed by atoms with Crippen LogP contribution >= 0.6 is 27.7 Å². The molecule has 0 aliphatic heterocycles. The number of hydrogen-bond acceptors (Lipinski definition) is 2. The van der Waals surface area contributed by atoms with Gasteiger partial charge in [-0.1, -0.05) is 17.8 Å². The number of rotatable bonds is 4. The summed E-state index contributed by atoms with van der Waals surface area (Å²) in [4.78, 5) is 1.11. The summed E-state index contributed by atoms with van der Waals surface area (Å²) in [6.07, 6.45) is 0.776. The molecule has 0 aromatic heterocycles. The molecule has 0 spiro atoms. The average Bonchev–Trinajstić information content (AvgIpc) is 2.36. The molecule has 0 aliphatic carbocycles. The van der Waals surface area contributed by atoms with Gasteiger partial charge in [0.05, 0.1) is 4.90 Å². The molecular formula is C15H14BrF2NS. The van der Waals surface area contributed by atoms with Crippen molar-refractivity contribution >= 4 is 27.7 Å². The Morgan fingerprint density at radius 3 is 2.55 bits per heavy atom. The molecule has 0 radical (unpaired) electrons. The van der Waals surface area contributed by atoms with E-state index in [2.05, 4.69) is 15.9 Å². The van der Waals surface area contributed by atoms with Gasteiger partial charge < -0.3 is 5.73 Å². The number of halogens is 3. The van der Waals surface area contributed by atoms with E-state index in [0.717, 1.165) is 33.5 Å². The van der Waals surface area contributed by atoms with Gasteiger partial charge in [-0.05, 0) is 65.2 Å². The van der Waals surface area contributed by atoms with Crippen molar-refractivity contribution in [3.8, 4) is 0 Å². The second-order valence-electron chi connectivity index (χ2n) is 4.62. The summed E-state index contributed by atoms with van der Waals surface area (Å²) in [7, 11) is 0. The lowest BCUT2D eigenvalue weighted by molar-refractivity contribution is 0.577. The van der Waals surface area contributed by atoms with Crippen LogP contribution in [-0.4, -0.2) is 6.04 Å². The summed E-state index contributed by atoms with van der Waals surface area (Å²) in [5, 5.41) is 0. The molecular weight excluding hydrogens is 344 g/mol. The Hall–Kier alpha value is -0.910. The highest BCUT2D eigenvalue weighted by molar-refractivity contribution is 9.10. The highest BCUT2D eigenvalue weighted by Crippen LogP contribution is 2.35. The van der Waals surface area contributed by atoms with Crippen LogP contribution < -0.4 is 5.73 Å². The monoisotopic (exact) mass is 357 g/mol. The minimum atomic E-state index is -0.446. The average molecular weight is 358 g/mol. The van der Waals surface area contributed by atoms with Gasteiger partial charge in [-0.25, -0.2) is 8.78 Å². The van der Waals surface area contributed by atoms with E-state index in [1.54, 1.807) is 0 Å². The van der Waals surface area contributed by atoms with Crippen molar-refractivity contribution in [2.75, 3.05) is 0 Å². The molecule has 0 aliphatic rings. The van der Waals surface area contributed by atoms with E-state index in [-0.39, 0.29) is 10.9 Å². The van der Waals surface area contributed by atoms with Gasteiger partial charge in [0.1, 0.15) is 11.6 Å². The van der Waals surface area contributed by atoms with Crippen LogP contribution in [0.15, 0.2) is 50.7 Å². The lowest BCUT2D eigenvalue weighted by atomic mass is 10.1. The molecule has 1 unspecified atom stereocenters. The van der Waals surface area contributed by atoms with Crippen LogP contribution in [0.2, 0.25) is 0 Å². The molecule has 0 saturated heterocycles. The highest BCUT2D eigenvalue weighted by Gasteiger charge is 2.09. The van der Waals surface area contributed by atoms with Gasteiger partial charge in [0, 0.05) is 15.4 Å². The molecule has 0 heterocycles. The summed E-state index contributed by atoms with van der Waals surface area (Å²) in [6, 6.07) is 9.33. The van der Waals surface area contributed by atoms with Gasteiger partial charge in [0.2, 0.25) is 0 Å². The molecule has 1 nitrogen and oxygen atoms in total. The summed E-state index contributed by atoms with van der Waals surface area (Å²) in [5.74, 6) is -0.874. The molecule has 20 heavy (non-hydrogen) atoms. The Labute approximate surface area is 129 Å². The maximum atomic E-state index is 13.6. The molecule has 0 amide bonds. The fourth-order valence-corrected chi connectivity index (χ4v) is 3.34. The Bertz CT molecular complexity index is 617. The first-order valence-corrected chi connectivity index (χ1v) is 7.73. The quantitative estimate of drug-likeness (QED) is 0.852. The van der Waals surface area contributed by atoms with Crippen molar-refractivity contribution in [2.45, 2.75) is 29.2 Å². The Morgan fingerprint density at radius 2 is 1.90 bits per heavy atom. The molecule has 106 valence electrons. The Balaban J connectivity index is 2.23. The second-order valence-corrected chi connectivity index (χ2v) is 6.56. The molecule has 5 heteroatoms. The van der Waals surface area contributed by atoms with Crippen molar-refractivity contribution in [2.24, 2.45) is 5.73 Å². The smallest absolute Gasteiger partial charge is 0.137 e. The van der Waals surface area contributed by atoms with E-state index in [4.69, 9.17) is 5.73 Å². The lowest BCUT2D eigenvalue weighted by Crippen LogP contribution is -2.17. The molecule has 0 fully saturated rings. The summed E-state index contributed by atoms with van der Waals surface area (Å²) < 4.78 is 27.6. The predicted molar refractivity (Wildman–Crippen MR) is 82.0 cm³/mol. The fourth-order valence-electron chi connectivity index (χ4n) is 1.80. The molecule has 2 rings (SSSR count). The number of hydrogen-bond donors (Lipinski definition) is 1. The van der Waals surface area contributed by atoms with E-state index >= 15 is 0 Å². The number of nitrogens with two attached hydrogens (primary N) is 1. The summed E-state index contributed by atoms with van der Waals surface area (Å²) in [6.45, 7) is 1.94. The topological polar surface area (TPSA) is 26.0 Å². The Morgan fingerprint density at radius 1 is 1.15 bits per heavy atom. The minimum Gasteiger partial charge on any atom is -0.328 e. The third-order valence-corrected chi connectivity index (χ3v) is 4.69. The zero-order chi connectivity index (χ0) is 14.7. The first kappa shape index (κ1) is 15.5. The van der Waals surface area contributed by atoms with Gasteiger partial charge in [0.15, 0.2) is 0 Å². The maximum absolute atomic E-state index is 13.6. The van der Waals surface area contributed by atoms with Crippen LogP contribution in [0.3, 0.4) is 0 Å². The minimum absolute atomic E-state index is 0.0843. The second kappa shape index (κ2) is 6.70. The maximum Gasteiger partial charge on any atom is 0.137 e. The van der Waals surface area contributed by atoms with Crippen molar-refractivity contribution < 1.29 is 8.78 Å². The van der Waals surface area contributed by atoms with Crippen molar-refractivity contribution in [1.82, 2.24) is 0 Å². The third kappa shape index (κ3) is 4.04. The van der Waals surface area contributed by atoms with E-state index in [1.807, 2.05) is 25.1 Å². The van der Waals surface area contributed by atoms with E-state index in [9.17, 15) is 8.78 Å². The third-order valence-electron chi connectivity index (χ3n) is 2.67. The van der Waals surface area contributed by atoms with Gasteiger partial charge in [0.25, 0.3) is 0 Å². The van der Waals surface area contributed by atoms with Gasteiger partial charge in [-0.15, -0.1) is 0 Å². The first-order valence-electron chi connectivity index (χ1n) is 6.12. The Kier molecular flexibility index (Phi) is 5.18. The first-order chi connectivity index (χ1) is 9.45. The molecule has 0 saturated carbocycles. The van der Waals surface area contributed by atoms with Gasteiger partial charge in [-0.2, -0.15) is 0 Å². The zero-order valence-electron chi connectivity index (χ0n) is 10.9. The van der Waals surface area contributed by atoms with Crippen LogP contribution in [0.5, 0.6) is 0 Å². The highest BCUT2D eigenvalue weighted by atomic mass is 79.9. The van der Waals surface area contributed by atoms with E-state index in [0.29, 0.717) is 0 Å². The van der Waals surface area contributed by atoms with E-state index in [1.165, 1.54) is 17.8 Å². The lowest BCUT2D eigenvalue weighted by Gasteiger charge is -2.09. The van der Waals surface area contributed by atoms with Crippen LogP contribution in [0.25, 0.3) is 0 Å². The summed E-state index contributed by atoms with van der Waals surface area (Å²) >= 11 is 4.65. The summed E-state index contributed by atoms with van der Waals surface area (Å²) in [5.41, 5.74) is 6.87. The van der Waals surface area contributed by atoms with Gasteiger partial charge >= 0.3 is 0 Å². The molecule has 2 aromatic rings. The van der Waals surface area contributed by atoms with Crippen LogP contribution in [0.4, 0.5) is 8.78 Å². The standard InChI is InChI=1S/C15H14BrF2NS/c1-9(19)6-10-2-5-14(12(16)7-10)20-15-8-11(17)3-4-13(15)18/h2-5,7-9H,6,19H2,1H3. The molecule has 2 aromatic carbocycles. The number of benzene rings is 2.